The predicted molar refractivity (Wildman–Crippen MR) is 136 cm³/mol. The van der Waals surface area contributed by atoms with E-state index in [1.54, 1.807) is 38.5 Å². The van der Waals surface area contributed by atoms with Crippen molar-refractivity contribution in [2.24, 2.45) is 7.05 Å². The zero-order valence-electron chi connectivity index (χ0n) is 19.8. The molecule has 5 rings (SSSR count). The normalized spacial score (nSPS) is 12.0. The highest BCUT2D eigenvalue weighted by Gasteiger charge is 2.19. The number of imidazole rings is 1. The summed E-state index contributed by atoms with van der Waals surface area (Å²) >= 11 is 0. The fraction of sp³-hybridized carbons (Fsp3) is 0.200. The van der Waals surface area contributed by atoms with Crippen molar-refractivity contribution < 1.29 is 17.2 Å². The molecule has 2 N–H and O–H groups in total. The van der Waals surface area contributed by atoms with Gasteiger partial charge in [-0.25, -0.2) is 22.2 Å². The van der Waals surface area contributed by atoms with Crippen molar-refractivity contribution in [3.8, 4) is 11.1 Å². The molecule has 8 nitrogen and oxygen atoms in total. The maximum atomic E-state index is 13.9. The molecule has 0 spiro atoms. The number of rotatable bonds is 6. The Bertz CT molecular complexity index is 1820. The molecule has 2 aromatic carbocycles. The largest absolute Gasteiger partial charge is 0.357 e. The summed E-state index contributed by atoms with van der Waals surface area (Å²) in [7, 11) is -1.99. The number of aromatic nitrogens is 4. The van der Waals surface area contributed by atoms with E-state index in [2.05, 4.69) is 14.7 Å². The Hall–Kier alpha value is -3.99. The van der Waals surface area contributed by atoms with E-state index in [0.717, 1.165) is 12.1 Å². The molecular formula is C25H23F2N5O3S. The van der Waals surface area contributed by atoms with Crippen molar-refractivity contribution in [2.45, 2.75) is 20.4 Å². The number of H-pyrrole nitrogens is 1. The first-order valence-electron chi connectivity index (χ1n) is 11.2. The van der Waals surface area contributed by atoms with Gasteiger partial charge in [-0.2, -0.15) is 0 Å². The Morgan fingerprint density at radius 3 is 2.61 bits per heavy atom. The molecule has 5 aromatic rings. The van der Waals surface area contributed by atoms with Crippen molar-refractivity contribution in [3.05, 3.63) is 82.2 Å². The van der Waals surface area contributed by atoms with Crippen LogP contribution in [0.1, 0.15) is 18.3 Å². The minimum absolute atomic E-state index is 0.130. The van der Waals surface area contributed by atoms with Gasteiger partial charge in [0.15, 0.2) is 11.6 Å². The van der Waals surface area contributed by atoms with Crippen LogP contribution in [0.5, 0.6) is 0 Å². The maximum Gasteiger partial charge on any atom is 0.274 e. The third kappa shape index (κ3) is 4.05. The molecule has 0 saturated heterocycles. The van der Waals surface area contributed by atoms with E-state index in [0.29, 0.717) is 44.5 Å². The molecule has 36 heavy (non-hydrogen) atoms. The van der Waals surface area contributed by atoms with Crippen LogP contribution in [0.25, 0.3) is 33.1 Å². The molecule has 0 unspecified atom stereocenters. The maximum absolute atomic E-state index is 13.9. The second-order valence-corrected chi connectivity index (χ2v) is 10.6. The highest BCUT2D eigenvalue weighted by Crippen LogP contribution is 2.35. The van der Waals surface area contributed by atoms with E-state index >= 15 is 0 Å². The van der Waals surface area contributed by atoms with Gasteiger partial charge < -0.3 is 14.1 Å². The zero-order chi connectivity index (χ0) is 25.8. The monoisotopic (exact) mass is 511 g/mol. The van der Waals surface area contributed by atoms with Gasteiger partial charge >= 0.3 is 0 Å². The summed E-state index contributed by atoms with van der Waals surface area (Å²) in [6.07, 6.45) is 3.37. The quantitative estimate of drug-likeness (QED) is 0.355. The van der Waals surface area contributed by atoms with Crippen LogP contribution in [0.4, 0.5) is 14.5 Å². The van der Waals surface area contributed by atoms with Crippen LogP contribution in [0.3, 0.4) is 0 Å². The lowest BCUT2D eigenvalue weighted by molar-refractivity contribution is 0.506. The van der Waals surface area contributed by atoms with Crippen LogP contribution in [0.15, 0.2) is 53.6 Å². The second kappa shape index (κ2) is 8.59. The fourth-order valence-corrected chi connectivity index (χ4v) is 4.97. The molecule has 0 atom stereocenters. The van der Waals surface area contributed by atoms with Gasteiger partial charge in [-0.3, -0.25) is 9.52 Å². The van der Waals surface area contributed by atoms with E-state index in [1.165, 1.54) is 17.6 Å². The number of anilines is 1. The lowest BCUT2D eigenvalue weighted by atomic mass is 10.0. The summed E-state index contributed by atoms with van der Waals surface area (Å²) in [5.41, 5.74) is 3.44. The summed E-state index contributed by atoms with van der Waals surface area (Å²) in [6.45, 7) is 3.48. The molecule has 0 fully saturated rings. The number of hydrogen-bond acceptors (Lipinski definition) is 4. The Morgan fingerprint density at radius 1 is 1.11 bits per heavy atom. The van der Waals surface area contributed by atoms with Crippen molar-refractivity contribution in [1.29, 1.82) is 0 Å². The van der Waals surface area contributed by atoms with E-state index in [4.69, 9.17) is 0 Å². The number of benzene rings is 2. The molecule has 186 valence electrons. The van der Waals surface area contributed by atoms with Gasteiger partial charge in [0.25, 0.3) is 5.56 Å². The third-order valence-corrected chi connectivity index (χ3v) is 7.51. The first-order chi connectivity index (χ1) is 17.1. The van der Waals surface area contributed by atoms with Gasteiger partial charge in [0.05, 0.1) is 17.0 Å². The summed E-state index contributed by atoms with van der Waals surface area (Å²) in [5, 5.41) is 0.685. The first kappa shape index (κ1) is 23.7. The van der Waals surface area contributed by atoms with Gasteiger partial charge in [0.2, 0.25) is 10.0 Å². The minimum Gasteiger partial charge on any atom is -0.357 e. The number of pyridine rings is 1. The SMILES string of the molecule is CCS(=O)(=O)Nc1cc(-c2cn(C)c(=O)c3[nH]ccc23)cc2c1nc(C)n2Cc1ccc(F)c(F)c1. The Kier molecular flexibility index (Phi) is 5.67. The Labute approximate surface area is 205 Å². The van der Waals surface area contributed by atoms with Gasteiger partial charge in [-0.1, -0.05) is 6.07 Å². The van der Waals surface area contributed by atoms with Crippen molar-refractivity contribution in [2.75, 3.05) is 10.5 Å². The Morgan fingerprint density at radius 2 is 1.89 bits per heavy atom. The number of halogens is 2. The number of aromatic amines is 1. The van der Waals surface area contributed by atoms with Crippen LogP contribution < -0.4 is 10.3 Å². The Balaban J connectivity index is 1.78. The van der Waals surface area contributed by atoms with Crippen molar-refractivity contribution in [3.63, 3.8) is 0 Å². The molecule has 0 amide bonds. The second-order valence-electron chi connectivity index (χ2n) is 8.62. The summed E-state index contributed by atoms with van der Waals surface area (Å²) in [4.78, 5) is 20.1. The lowest BCUT2D eigenvalue weighted by Gasteiger charge is -2.13. The number of hydrogen-bond donors (Lipinski definition) is 2. The molecule has 0 saturated carbocycles. The molecule has 3 heterocycles. The molecule has 0 aliphatic rings. The number of nitrogens with zero attached hydrogens (tertiary/aromatic N) is 3. The molecule has 3 aromatic heterocycles. The van der Waals surface area contributed by atoms with E-state index in [1.807, 2.05) is 10.6 Å². The van der Waals surface area contributed by atoms with Crippen molar-refractivity contribution >= 4 is 37.6 Å². The van der Waals surface area contributed by atoms with Crippen LogP contribution in [0, 0.1) is 18.6 Å². The van der Waals surface area contributed by atoms with E-state index in [9.17, 15) is 22.0 Å². The molecule has 0 radical (unpaired) electrons. The van der Waals surface area contributed by atoms with Crippen LogP contribution in [-0.2, 0) is 23.6 Å². The third-order valence-electron chi connectivity index (χ3n) is 6.22. The zero-order valence-corrected chi connectivity index (χ0v) is 20.6. The highest BCUT2D eigenvalue weighted by molar-refractivity contribution is 7.92. The highest BCUT2D eigenvalue weighted by atomic mass is 32.2. The average Bonchev–Trinajstić information content (AvgIpc) is 3.44. The number of sulfonamides is 1. The fourth-order valence-electron chi connectivity index (χ4n) is 4.33. The van der Waals surface area contributed by atoms with Gasteiger partial charge in [0.1, 0.15) is 16.9 Å². The minimum atomic E-state index is -3.63. The van der Waals surface area contributed by atoms with E-state index in [-0.39, 0.29) is 23.5 Å². The van der Waals surface area contributed by atoms with Crippen LogP contribution >= 0.6 is 0 Å². The van der Waals surface area contributed by atoms with Crippen LogP contribution in [0.2, 0.25) is 0 Å². The molecule has 0 bridgehead atoms. The molecule has 0 aliphatic heterocycles. The smallest absolute Gasteiger partial charge is 0.274 e. The lowest BCUT2D eigenvalue weighted by Crippen LogP contribution is -2.17. The molecule has 11 heteroatoms. The van der Waals surface area contributed by atoms with Crippen molar-refractivity contribution in [1.82, 2.24) is 19.1 Å². The van der Waals surface area contributed by atoms with Gasteiger partial charge in [0, 0.05) is 36.9 Å². The summed E-state index contributed by atoms with van der Waals surface area (Å²) in [6, 6.07) is 9.02. The predicted octanol–water partition coefficient (Wildman–Crippen LogP) is 4.28. The molecular weight excluding hydrogens is 488 g/mol. The first-order valence-corrected chi connectivity index (χ1v) is 12.9. The average molecular weight is 512 g/mol. The van der Waals surface area contributed by atoms with Gasteiger partial charge in [-0.15, -0.1) is 0 Å². The number of aryl methyl sites for hydroxylation is 2. The van der Waals surface area contributed by atoms with Gasteiger partial charge in [-0.05, 0) is 55.3 Å². The summed E-state index contributed by atoms with van der Waals surface area (Å²) in [5.74, 6) is -1.45. The molecule has 0 aliphatic carbocycles. The summed E-state index contributed by atoms with van der Waals surface area (Å²) < 4.78 is 58.3. The topological polar surface area (TPSA) is 102 Å². The standard InChI is InChI=1S/C25H23F2N5O3S/c1-4-36(34,35)30-21-10-16(18-13-31(3)25(33)23-17(18)7-8-28-23)11-22-24(21)29-14(2)32(22)12-15-5-6-19(26)20(27)9-15/h5-11,13,28,30H,4,12H2,1-3H3. The number of nitrogens with one attached hydrogen (secondary N) is 2. The number of fused-ring (bicyclic) bond motifs is 2. The van der Waals surface area contributed by atoms with Crippen LogP contribution in [-0.4, -0.2) is 33.3 Å². The van der Waals surface area contributed by atoms with E-state index < -0.39 is 21.7 Å².